The number of aliphatic carboxylic acids is 1. The van der Waals surface area contributed by atoms with Crippen molar-refractivity contribution in [3.05, 3.63) is 59.7 Å². The third-order valence-corrected chi connectivity index (χ3v) is 3.03. The van der Waals surface area contributed by atoms with Crippen molar-refractivity contribution in [2.24, 2.45) is 0 Å². The summed E-state index contributed by atoms with van der Waals surface area (Å²) >= 11 is 0. The molecule has 7 nitrogen and oxygen atoms in total. The molecule has 0 spiro atoms. The van der Waals surface area contributed by atoms with Gasteiger partial charge in [0.2, 0.25) is 0 Å². The predicted molar refractivity (Wildman–Crippen MR) is 85.2 cm³/mol. The average Bonchev–Trinajstić information content (AvgIpc) is 2.53. The molecule has 0 aliphatic rings. The van der Waals surface area contributed by atoms with E-state index in [4.69, 9.17) is 10.8 Å². The summed E-state index contributed by atoms with van der Waals surface area (Å²) in [5.41, 5.74) is 6.78. The Bertz CT molecular complexity index is 758. The number of anilines is 2. The monoisotopic (exact) mass is 313 g/mol. The van der Waals surface area contributed by atoms with Crippen LogP contribution in [0.3, 0.4) is 0 Å². The van der Waals surface area contributed by atoms with E-state index in [0.29, 0.717) is 5.69 Å². The van der Waals surface area contributed by atoms with Gasteiger partial charge in [-0.25, -0.2) is 0 Å². The number of carbonyl (C=O) groups is 3. The van der Waals surface area contributed by atoms with E-state index >= 15 is 0 Å². The van der Waals surface area contributed by atoms with Crippen LogP contribution in [0.1, 0.15) is 20.7 Å². The fraction of sp³-hybridized carbons (Fsp3) is 0.0625. The summed E-state index contributed by atoms with van der Waals surface area (Å²) in [6.07, 6.45) is 0. The average molecular weight is 313 g/mol. The van der Waals surface area contributed by atoms with Crippen molar-refractivity contribution < 1.29 is 19.5 Å². The lowest BCUT2D eigenvalue weighted by atomic mass is 10.1. The van der Waals surface area contributed by atoms with Crippen LogP contribution < -0.4 is 16.4 Å². The van der Waals surface area contributed by atoms with Crippen molar-refractivity contribution in [2.75, 3.05) is 17.6 Å². The summed E-state index contributed by atoms with van der Waals surface area (Å²) in [4.78, 5) is 34.8. The number of carbonyl (C=O) groups excluding carboxylic acids is 2. The Balaban J connectivity index is 2.20. The molecule has 0 bridgehead atoms. The van der Waals surface area contributed by atoms with Crippen LogP contribution in [0.2, 0.25) is 0 Å². The summed E-state index contributed by atoms with van der Waals surface area (Å²) in [6, 6.07) is 12.8. The van der Waals surface area contributed by atoms with Crippen LogP contribution in [0, 0.1) is 0 Å². The van der Waals surface area contributed by atoms with Gasteiger partial charge in [0.25, 0.3) is 11.8 Å². The highest BCUT2D eigenvalue weighted by Crippen LogP contribution is 2.18. The minimum Gasteiger partial charge on any atom is -0.480 e. The van der Waals surface area contributed by atoms with Crippen LogP contribution in [0.25, 0.3) is 0 Å². The molecule has 5 N–H and O–H groups in total. The van der Waals surface area contributed by atoms with Crippen molar-refractivity contribution >= 4 is 29.2 Å². The molecule has 0 radical (unpaired) electrons. The first-order valence-corrected chi connectivity index (χ1v) is 6.74. The molecule has 0 saturated carbocycles. The minimum atomic E-state index is -1.16. The third kappa shape index (κ3) is 4.07. The van der Waals surface area contributed by atoms with Crippen molar-refractivity contribution in [1.82, 2.24) is 5.32 Å². The maximum atomic E-state index is 12.3. The van der Waals surface area contributed by atoms with Crippen LogP contribution in [0.15, 0.2) is 48.5 Å². The number of nitrogens with two attached hydrogens (primary N) is 1. The minimum absolute atomic E-state index is 0.164. The smallest absolute Gasteiger partial charge is 0.322 e. The zero-order chi connectivity index (χ0) is 16.8. The molecule has 118 valence electrons. The normalized spacial score (nSPS) is 9.91. The molecular formula is C16H15N3O4. The van der Waals surface area contributed by atoms with E-state index in [-0.39, 0.29) is 16.8 Å². The number of nitrogens with one attached hydrogen (secondary N) is 2. The van der Waals surface area contributed by atoms with Gasteiger partial charge in [-0.3, -0.25) is 14.4 Å². The van der Waals surface area contributed by atoms with Gasteiger partial charge in [-0.1, -0.05) is 24.3 Å². The highest BCUT2D eigenvalue weighted by Gasteiger charge is 2.15. The van der Waals surface area contributed by atoms with Crippen molar-refractivity contribution in [2.45, 2.75) is 0 Å². The zero-order valence-corrected chi connectivity index (χ0v) is 12.1. The van der Waals surface area contributed by atoms with Crippen LogP contribution in [0.5, 0.6) is 0 Å². The number of benzene rings is 2. The van der Waals surface area contributed by atoms with E-state index < -0.39 is 24.3 Å². The zero-order valence-electron chi connectivity index (χ0n) is 12.1. The van der Waals surface area contributed by atoms with Gasteiger partial charge in [0.1, 0.15) is 6.54 Å². The molecule has 0 aliphatic heterocycles. The molecule has 23 heavy (non-hydrogen) atoms. The van der Waals surface area contributed by atoms with Crippen molar-refractivity contribution in [1.29, 1.82) is 0 Å². The van der Waals surface area contributed by atoms with Crippen LogP contribution in [0.4, 0.5) is 11.4 Å². The van der Waals surface area contributed by atoms with E-state index in [0.717, 1.165) is 0 Å². The Kier molecular flexibility index (Phi) is 4.93. The van der Waals surface area contributed by atoms with E-state index in [1.807, 2.05) is 0 Å². The Morgan fingerprint density at radius 3 is 2.17 bits per heavy atom. The summed E-state index contributed by atoms with van der Waals surface area (Å²) in [6.45, 7) is -0.507. The maximum absolute atomic E-state index is 12.3. The molecule has 0 atom stereocenters. The molecule has 0 unspecified atom stereocenters. The number of carboxylic acids is 1. The van der Waals surface area contributed by atoms with Gasteiger partial charge >= 0.3 is 5.97 Å². The number of hydrogen-bond donors (Lipinski definition) is 4. The van der Waals surface area contributed by atoms with Gasteiger partial charge in [-0.15, -0.1) is 0 Å². The summed E-state index contributed by atoms with van der Waals surface area (Å²) in [7, 11) is 0. The van der Waals surface area contributed by atoms with E-state index in [1.54, 1.807) is 42.5 Å². The number of rotatable bonds is 5. The van der Waals surface area contributed by atoms with Crippen LogP contribution in [-0.4, -0.2) is 29.4 Å². The molecule has 2 aromatic rings. The number of para-hydroxylation sites is 2. The molecule has 2 amide bonds. The van der Waals surface area contributed by atoms with Crippen molar-refractivity contribution in [3.8, 4) is 0 Å². The first kappa shape index (κ1) is 16.0. The molecule has 0 saturated heterocycles. The molecular weight excluding hydrogens is 298 g/mol. The fourth-order valence-electron chi connectivity index (χ4n) is 1.93. The topological polar surface area (TPSA) is 122 Å². The molecule has 0 aliphatic carbocycles. The Morgan fingerprint density at radius 2 is 1.52 bits per heavy atom. The molecule has 7 heteroatoms. The number of hydrogen-bond acceptors (Lipinski definition) is 4. The first-order valence-electron chi connectivity index (χ1n) is 6.74. The summed E-state index contributed by atoms with van der Waals surface area (Å²) in [5.74, 6) is -2.21. The lowest BCUT2D eigenvalue weighted by molar-refractivity contribution is -0.135. The second kappa shape index (κ2) is 7.08. The van der Waals surface area contributed by atoms with Crippen LogP contribution >= 0.6 is 0 Å². The van der Waals surface area contributed by atoms with Gasteiger partial charge in [-0.05, 0) is 24.3 Å². The quantitative estimate of drug-likeness (QED) is 0.620. The van der Waals surface area contributed by atoms with Gasteiger partial charge < -0.3 is 21.5 Å². The first-order chi connectivity index (χ1) is 11.0. The van der Waals surface area contributed by atoms with Crippen LogP contribution in [-0.2, 0) is 4.79 Å². The molecule has 0 fully saturated rings. The summed E-state index contributed by atoms with van der Waals surface area (Å²) in [5, 5.41) is 13.5. The van der Waals surface area contributed by atoms with E-state index in [9.17, 15) is 14.4 Å². The molecule has 2 aromatic carbocycles. The molecule has 0 heterocycles. The lowest BCUT2D eigenvalue weighted by Crippen LogP contribution is -2.30. The van der Waals surface area contributed by atoms with Gasteiger partial charge in [0.05, 0.1) is 16.8 Å². The molecule has 0 aromatic heterocycles. The Labute approximate surface area is 132 Å². The van der Waals surface area contributed by atoms with Gasteiger partial charge in [-0.2, -0.15) is 0 Å². The predicted octanol–water partition coefficient (Wildman–Crippen LogP) is 1.34. The highest BCUT2D eigenvalue weighted by atomic mass is 16.4. The lowest BCUT2D eigenvalue weighted by Gasteiger charge is -2.11. The van der Waals surface area contributed by atoms with Gasteiger partial charge in [0.15, 0.2) is 0 Å². The number of nitrogen functional groups attached to an aromatic ring is 1. The van der Waals surface area contributed by atoms with Gasteiger partial charge in [0, 0.05) is 5.69 Å². The maximum Gasteiger partial charge on any atom is 0.322 e. The standard InChI is InChI=1S/C16H15N3O4/c17-12-7-3-1-5-10(12)16(23)19-13-8-4-2-6-11(13)15(22)18-9-14(20)21/h1-8H,9,17H2,(H,18,22)(H,19,23)(H,20,21). The van der Waals surface area contributed by atoms with E-state index in [2.05, 4.69) is 10.6 Å². The SMILES string of the molecule is Nc1ccccc1C(=O)Nc1ccccc1C(=O)NCC(=O)O. The largest absolute Gasteiger partial charge is 0.480 e. The van der Waals surface area contributed by atoms with Crippen molar-refractivity contribution in [3.63, 3.8) is 0 Å². The second-order valence-corrected chi connectivity index (χ2v) is 4.66. The number of carboxylic acid groups (broad SMARTS) is 1. The third-order valence-electron chi connectivity index (χ3n) is 3.03. The second-order valence-electron chi connectivity index (χ2n) is 4.66. The highest BCUT2D eigenvalue weighted by molar-refractivity contribution is 6.11. The molecule has 2 rings (SSSR count). The Morgan fingerprint density at radius 1 is 0.913 bits per heavy atom. The Hall–Kier alpha value is -3.35. The fourth-order valence-corrected chi connectivity index (χ4v) is 1.93. The summed E-state index contributed by atoms with van der Waals surface area (Å²) < 4.78 is 0. The van der Waals surface area contributed by atoms with E-state index in [1.165, 1.54) is 6.07 Å². The number of amides is 2.